The summed E-state index contributed by atoms with van der Waals surface area (Å²) >= 11 is 0. The lowest BCUT2D eigenvalue weighted by Gasteiger charge is -2.16. The molecule has 0 radical (unpaired) electrons. The molecule has 2 aliphatic rings. The van der Waals surface area contributed by atoms with Gasteiger partial charge < -0.3 is 18.9 Å². The van der Waals surface area contributed by atoms with Gasteiger partial charge >= 0.3 is 6.16 Å². The number of hydroxylamine groups is 2. The Balaban J connectivity index is 1.23. The van der Waals surface area contributed by atoms with E-state index in [4.69, 9.17) is 29.3 Å². The summed E-state index contributed by atoms with van der Waals surface area (Å²) in [7, 11) is 0. The molecule has 1 heterocycles. The minimum absolute atomic E-state index is 0.00814. The number of imide groups is 1. The van der Waals surface area contributed by atoms with E-state index in [-0.39, 0.29) is 37.7 Å². The van der Waals surface area contributed by atoms with Crippen molar-refractivity contribution < 1.29 is 43.0 Å². The number of carbonyl (C=O) groups excluding carboxylic acids is 4. The number of amides is 2. The van der Waals surface area contributed by atoms with Crippen LogP contribution in [0.15, 0.2) is 47.6 Å². The summed E-state index contributed by atoms with van der Waals surface area (Å²) in [6.07, 6.45) is -0.308. The average Bonchev–Trinajstić information content (AvgIpc) is 3.49. The second-order valence-corrected chi connectivity index (χ2v) is 9.49. The highest BCUT2D eigenvalue weighted by atomic mass is 16.8. The van der Waals surface area contributed by atoms with E-state index in [2.05, 4.69) is 10.0 Å². The largest absolute Gasteiger partial charge is 0.533 e. The summed E-state index contributed by atoms with van der Waals surface area (Å²) in [6.45, 7) is 2.57. The summed E-state index contributed by atoms with van der Waals surface area (Å²) in [5.74, 6) is -1.55. The van der Waals surface area contributed by atoms with Crippen molar-refractivity contribution in [3.05, 3.63) is 69.6 Å². The Labute approximate surface area is 242 Å². The van der Waals surface area contributed by atoms with E-state index < -0.39 is 18.0 Å². The molecule has 0 bridgehead atoms. The van der Waals surface area contributed by atoms with E-state index in [1.807, 2.05) is 36.4 Å². The standard InChI is InChI=1S/C29H32N4O9/c30-32-31-11-13-39-15-17-40-16-14-38-12-3-6-26(34)20-7-8-23-21-4-1-2-5-22(21)25(24(23)18-20)19-41-29(37)42-33-27(35)9-10-28(33)36/h1-2,4-5,7-8,18,25H,3,6,9-17,19H2. The molecule has 1 aliphatic heterocycles. The Bertz CT molecular complexity index is 1330. The number of Topliss-reactive ketones (excluding diaryl/α,β-unsaturated/α-hetero) is 1. The fraction of sp³-hybridized carbons (Fsp3) is 0.448. The van der Waals surface area contributed by atoms with Crippen molar-refractivity contribution in [1.29, 1.82) is 0 Å². The quantitative estimate of drug-likeness (QED) is 0.0503. The second-order valence-electron chi connectivity index (χ2n) is 9.49. The number of fused-ring (bicyclic) bond motifs is 3. The van der Waals surface area contributed by atoms with E-state index in [9.17, 15) is 19.2 Å². The van der Waals surface area contributed by atoms with Crippen LogP contribution in [0.3, 0.4) is 0 Å². The number of benzene rings is 2. The Hall–Kier alpha value is -4.29. The second kappa shape index (κ2) is 15.6. The van der Waals surface area contributed by atoms with Crippen LogP contribution in [0.25, 0.3) is 21.6 Å². The zero-order valence-electron chi connectivity index (χ0n) is 23.1. The van der Waals surface area contributed by atoms with Gasteiger partial charge in [0, 0.05) is 48.8 Å². The minimum Gasteiger partial charge on any atom is -0.432 e. The smallest absolute Gasteiger partial charge is 0.432 e. The number of rotatable bonds is 17. The van der Waals surface area contributed by atoms with Gasteiger partial charge in [-0.05, 0) is 40.3 Å². The van der Waals surface area contributed by atoms with E-state index >= 15 is 0 Å². The first-order valence-electron chi connectivity index (χ1n) is 13.7. The summed E-state index contributed by atoms with van der Waals surface area (Å²) in [6, 6.07) is 13.2. The minimum atomic E-state index is -1.14. The van der Waals surface area contributed by atoms with Gasteiger partial charge in [0.25, 0.3) is 11.8 Å². The molecule has 0 N–H and O–H groups in total. The van der Waals surface area contributed by atoms with Crippen molar-refractivity contribution in [3.63, 3.8) is 0 Å². The first-order valence-corrected chi connectivity index (χ1v) is 13.7. The van der Waals surface area contributed by atoms with Gasteiger partial charge in [0.05, 0.1) is 33.0 Å². The number of hydrogen-bond acceptors (Lipinski definition) is 10. The van der Waals surface area contributed by atoms with E-state index in [1.54, 1.807) is 6.07 Å². The lowest BCUT2D eigenvalue weighted by Crippen LogP contribution is -2.32. The molecule has 13 nitrogen and oxygen atoms in total. The maximum atomic E-state index is 13.0. The molecule has 1 atom stereocenters. The summed E-state index contributed by atoms with van der Waals surface area (Å²) in [4.78, 5) is 56.1. The highest BCUT2D eigenvalue weighted by Crippen LogP contribution is 2.45. The molecule has 1 unspecified atom stereocenters. The third-order valence-corrected chi connectivity index (χ3v) is 6.75. The van der Waals surface area contributed by atoms with Crippen molar-refractivity contribution in [2.45, 2.75) is 31.6 Å². The molecule has 42 heavy (non-hydrogen) atoms. The Morgan fingerprint density at radius 2 is 1.55 bits per heavy atom. The summed E-state index contributed by atoms with van der Waals surface area (Å²) < 4.78 is 21.5. The third-order valence-electron chi connectivity index (χ3n) is 6.75. The van der Waals surface area contributed by atoms with Gasteiger partial charge in [-0.15, -0.1) is 0 Å². The van der Waals surface area contributed by atoms with Crippen LogP contribution in [0.1, 0.15) is 53.1 Å². The molecule has 1 aliphatic carbocycles. The fourth-order valence-corrected chi connectivity index (χ4v) is 4.74. The van der Waals surface area contributed by atoms with E-state index in [1.165, 1.54) is 0 Å². The van der Waals surface area contributed by atoms with Crippen LogP contribution < -0.4 is 0 Å². The van der Waals surface area contributed by atoms with Crippen molar-refractivity contribution in [1.82, 2.24) is 5.06 Å². The molecule has 4 rings (SSSR count). The Morgan fingerprint density at radius 3 is 2.29 bits per heavy atom. The van der Waals surface area contributed by atoms with Crippen molar-refractivity contribution in [2.24, 2.45) is 5.11 Å². The van der Waals surface area contributed by atoms with Crippen LogP contribution in [0.2, 0.25) is 0 Å². The van der Waals surface area contributed by atoms with Crippen LogP contribution in [0.4, 0.5) is 4.79 Å². The van der Waals surface area contributed by atoms with Crippen LogP contribution >= 0.6 is 0 Å². The fourth-order valence-electron chi connectivity index (χ4n) is 4.74. The normalized spacial score (nSPS) is 15.2. The maximum absolute atomic E-state index is 13.0. The molecule has 0 aromatic heterocycles. The average molecular weight is 581 g/mol. The number of ether oxygens (including phenoxy) is 4. The predicted octanol–water partition coefficient (Wildman–Crippen LogP) is 4.34. The molecule has 2 aromatic carbocycles. The molecule has 2 aromatic rings. The van der Waals surface area contributed by atoms with Crippen LogP contribution in [0.5, 0.6) is 0 Å². The summed E-state index contributed by atoms with van der Waals surface area (Å²) in [5, 5.41) is 3.81. The highest BCUT2D eigenvalue weighted by molar-refractivity contribution is 6.01. The van der Waals surface area contributed by atoms with Crippen LogP contribution in [-0.4, -0.2) is 81.6 Å². The lowest BCUT2D eigenvalue weighted by atomic mass is 9.95. The Morgan fingerprint density at radius 1 is 0.881 bits per heavy atom. The molecular formula is C29H32N4O9. The number of ketones is 1. The van der Waals surface area contributed by atoms with Gasteiger partial charge in [-0.25, -0.2) is 4.79 Å². The molecular weight excluding hydrogens is 548 g/mol. The predicted molar refractivity (Wildman–Crippen MR) is 147 cm³/mol. The van der Waals surface area contributed by atoms with Gasteiger partial charge in [-0.3, -0.25) is 19.2 Å². The maximum Gasteiger partial charge on any atom is 0.533 e. The first kappa shape index (κ1) is 30.7. The molecule has 13 heteroatoms. The van der Waals surface area contributed by atoms with E-state index in [0.29, 0.717) is 63.1 Å². The molecule has 1 fully saturated rings. The van der Waals surface area contributed by atoms with Crippen LogP contribution in [0, 0.1) is 0 Å². The van der Waals surface area contributed by atoms with Crippen molar-refractivity contribution in [3.8, 4) is 11.1 Å². The zero-order chi connectivity index (χ0) is 29.7. The Kier molecular flexibility index (Phi) is 11.4. The zero-order valence-corrected chi connectivity index (χ0v) is 23.1. The third kappa shape index (κ3) is 8.14. The SMILES string of the molecule is [N-]=[N+]=NCCOCCOCCOCCCC(=O)c1ccc2c(c1)C(COC(=O)ON1C(=O)CCC1=O)c1ccccc1-2. The molecule has 222 valence electrons. The number of azide groups is 1. The molecule has 0 saturated carbocycles. The molecule has 2 amide bonds. The lowest BCUT2D eigenvalue weighted by molar-refractivity contribution is -0.177. The van der Waals surface area contributed by atoms with Crippen molar-refractivity contribution in [2.75, 3.05) is 52.8 Å². The first-order chi connectivity index (χ1) is 20.5. The topological polar surface area (TPSA) is 166 Å². The van der Waals surface area contributed by atoms with Crippen molar-refractivity contribution >= 4 is 23.8 Å². The van der Waals surface area contributed by atoms with Crippen LogP contribution in [-0.2, 0) is 33.4 Å². The monoisotopic (exact) mass is 580 g/mol. The van der Waals surface area contributed by atoms with Gasteiger partial charge in [-0.2, -0.15) is 0 Å². The number of carbonyl (C=O) groups is 4. The van der Waals surface area contributed by atoms with Gasteiger partial charge in [0.15, 0.2) is 5.78 Å². The van der Waals surface area contributed by atoms with Gasteiger partial charge in [0.1, 0.15) is 6.61 Å². The van der Waals surface area contributed by atoms with Gasteiger partial charge in [-0.1, -0.05) is 46.6 Å². The number of hydrogen-bond donors (Lipinski definition) is 0. The number of nitrogens with zero attached hydrogens (tertiary/aromatic N) is 4. The molecule has 0 spiro atoms. The molecule has 1 saturated heterocycles. The van der Waals surface area contributed by atoms with E-state index in [0.717, 1.165) is 22.3 Å². The highest BCUT2D eigenvalue weighted by Gasteiger charge is 2.35. The van der Waals surface area contributed by atoms with Gasteiger partial charge in [0.2, 0.25) is 0 Å². The summed E-state index contributed by atoms with van der Waals surface area (Å²) in [5.41, 5.74) is 12.4.